The van der Waals surface area contributed by atoms with Gasteiger partial charge in [-0.1, -0.05) is 41.4 Å². The second kappa shape index (κ2) is 8.25. The van der Waals surface area contributed by atoms with E-state index in [2.05, 4.69) is 5.32 Å². The molecule has 0 saturated carbocycles. The van der Waals surface area contributed by atoms with E-state index in [0.717, 1.165) is 16.9 Å². The highest BCUT2D eigenvalue weighted by molar-refractivity contribution is 6.35. The third-order valence-corrected chi connectivity index (χ3v) is 3.67. The Morgan fingerprint density at radius 1 is 1.05 bits per heavy atom. The Balaban J connectivity index is 1.98. The second-order valence-corrected chi connectivity index (χ2v) is 5.35. The number of aliphatic hydroxyl groups is 1. The maximum atomic E-state index is 8.75. The summed E-state index contributed by atoms with van der Waals surface area (Å²) >= 11 is 12.2. The van der Waals surface area contributed by atoms with Crippen molar-refractivity contribution >= 4 is 23.2 Å². The Kier molecular flexibility index (Phi) is 6.33. The van der Waals surface area contributed by atoms with Crippen LogP contribution in [-0.4, -0.2) is 18.3 Å². The molecule has 2 aromatic carbocycles. The highest BCUT2D eigenvalue weighted by Crippen LogP contribution is 2.26. The van der Waals surface area contributed by atoms with Crippen molar-refractivity contribution < 1.29 is 9.84 Å². The molecule has 3 nitrogen and oxygen atoms in total. The molecule has 0 radical (unpaired) electrons. The molecule has 2 rings (SSSR count). The highest BCUT2D eigenvalue weighted by atomic mass is 35.5. The molecule has 0 fully saturated rings. The van der Waals surface area contributed by atoms with Crippen molar-refractivity contribution in [1.82, 2.24) is 5.32 Å². The van der Waals surface area contributed by atoms with Gasteiger partial charge in [-0.3, -0.25) is 0 Å². The lowest BCUT2D eigenvalue weighted by Gasteiger charge is -2.11. The minimum absolute atomic E-state index is 0.126. The van der Waals surface area contributed by atoms with Gasteiger partial charge in [-0.15, -0.1) is 0 Å². The topological polar surface area (TPSA) is 41.5 Å². The van der Waals surface area contributed by atoms with Gasteiger partial charge < -0.3 is 15.2 Å². The Morgan fingerprint density at radius 3 is 2.48 bits per heavy atom. The van der Waals surface area contributed by atoms with Crippen LogP contribution in [0, 0.1) is 0 Å². The molecule has 2 aromatic rings. The maximum absolute atomic E-state index is 8.75. The molecule has 0 spiro atoms. The summed E-state index contributed by atoms with van der Waals surface area (Å²) in [5.41, 5.74) is 1.87. The van der Waals surface area contributed by atoms with Crippen molar-refractivity contribution in [2.45, 2.75) is 13.2 Å². The van der Waals surface area contributed by atoms with Crippen molar-refractivity contribution in [2.75, 3.05) is 13.2 Å². The van der Waals surface area contributed by atoms with Crippen LogP contribution in [0.3, 0.4) is 0 Å². The number of rotatable bonds is 7. The van der Waals surface area contributed by atoms with Gasteiger partial charge in [-0.25, -0.2) is 0 Å². The zero-order valence-corrected chi connectivity index (χ0v) is 13.0. The summed E-state index contributed by atoms with van der Waals surface area (Å²) in [4.78, 5) is 0. The number of nitrogens with one attached hydrogen (secondary N) is 1. The van der Waals surface area contributed by atoms with Crippen LogP contribution in [0.2, 0.25) is 10.0 Å². The SMILES string of the molecule is OCCNCc1cccc(OCc2c(Cl)cccc2Cl)c1. The molecular weight excluding hydrogens is 309 g/mol. The number of aliphatic hydroxyl groups excluding tert-OH is 1. The molecule has 112 valence electrons. The summed E-state index contributed by atoms with van der Waals surface area (Å²) in [5.74, 6) is 0.759. The maximum Gasteiger partial charge on any atom is 0.120 e. The van der Waals surface area contributed by atoms with Crippen LogP contribution in [0.4, 0.5) is 0 Å². The van der Waals surface area contributed by atoms with Gasteiger partial charge in [-0.05, 0) is 29.8 Å². The van der Waals surface area contributed by atoms with E-state index in [-0.39, 0.29) is 6.61 Å². The van der Waals surface area contributed by atoms with Crippen LogP contribution in [0.5, 0.6) is 5.75 Å². The molecule has 0 aliphatic heterocycles. The van der Waals surface area contributed by atoms with Crippen LogP contribution < -0.4 is 10.1 Å². The van der Waals surface area contributed by atoms with Crippen LogP contribution in [0.1, 0.15) is 11.1 Å². The van der Waals surface area contributed by atoms with Gasteiger partial charge in [0.1, 0.15) is 12.4 Å². The van der Waals surface area contributed by atoms with Gasteiger partial charge in [0.15, 0.2) is 0 Å². The Hall–Kier alpha value is -1.26. The predicted octanol–water partition coefficient (Wildman–Crippen LogP) is 3.65. The van der Waals surface area contributed by atoms with Crippen molar-refractivity contribution in [3.63, 3.8) is 0 Å². The van der Waals surface area contributed by atoms with E-state index >= 15 is 0 Å². The predicted molar refractivity (Wildman–Crippen MR) is 86.0 cm³/mol. The molecular formula is C16H17Cl2NO2. The molecule has 0 aromatic heterocycles. The first kappa shape index (κ1) is 16.1. The van der Waals surface area contributed by atoms with Crippen LogP contribution >= 0.6 is 23.2 Å². The van der Waals surface area contributed by atoms with Gasteiger partial charge in [0.05, 0.1) is 6.61 Å². The fourth-order valence-electron chi connectivity index (χ4n) is 1.88. The van der Waals surface area contributed by atoms with Gasteiger partial charge in [-0.2, -0.15) is 0 Å². The average molecular weight is 326 g/mol. The third-order valence-electron chi connectivity index (χ3n) is 2.96. The normalized spacial score (nSPS) is 10.6. The first-order chi connectivity index (χ1) is 10.2. The average Bonchev–Trinajstić information content (AvgIpc) is 2.47. The summed E-state index contributed by atoms with van der Waals surface area (Å²) in [6.07, 6.45) is 0. The lowest BCUT2D eigenvalue weighted by molar-refractivity contribution is 0.291. The van der Waals surface area contributed by atoms with Crippen molar-refractivity contribution in [3.05, 3.63) is 63.6 Å². The standard InChI is InChI=1S/C16H17Cl2NO2/c17-15-5-2-6-16(18)14(15)11-21-13-4-1-3-12(9-13)10-19-7-8-20/h1-6,9,19-20H,7-8,10-11H2. The van der Waals surface area contributed by atoms with E-state index in [1.165, 1.54) is 0 Å². The van der Waals surface area contributed by atoms with Crippen molar-refractivity contribution in [3.8, 4) is 5.75 Å². The highest BCUT2D eigenvalue weighted by Gasteiger charge is 2.06. The zero-order chi connectivity index (χ0) is 15.1. The summed E-state index contributed by atoms with van der Waals surface area (Å²) in [6, 6.07) is 13.2. The van der Waals surface area contributed by atoms with Crippen molar-refractivity contribution in [2.24, 2.45) is 0 Å². The van der Waals surface area contributed by atoms with E-state index < -0.39 is 0 Å². The van der Waals surface area contributed by atoms with Crippen LogP contribution in [0.25, 0.3) is 0 Å². The smallest absolute Gasteiger partial charge is 0.120 e. The van der Waals surface area contributed by atoms with Crippen LogP contribution in [-0.2, 0) is 13.2 Å². The molecule has 0 heterocycles. The molecule has 0 atom stereocenters. The molecule has 0 bridgehead atoms. The fraction of sp³-hybridized carbons (Fsp3) is 0.250. The van der Waals surface area contributed by atoms with E-state index in [1.54, 1.807) is 12.1 Å². The minimum Gasteiger partial charge on any atom is -0.489 e. The Bertz CT molecular complexity index is 570. The van der Waals surface area contributed by atoms with Gasteiger partial charge >= 0.3 is 0 Å². The number of benzene rings is 2. The Labute approximate surface area is 134 Å². The molecule has 21 heavy (non-hydrogen) atoms. The summed E-state index contributed by atoms with van der Waals surface area (Å²) in [7, 11) is 0. The van der Waals surface area contributed by atoms with E-state index in [0.29, 0.717) is 29.7 Å². The van der Waals surface area contributed by atoms with Gasteiger partial charge in [0.2, 0.25) is 0 Å². The Morgan fingerprint density at radius 2 is 1.76 bits per heavy atom. The fourth-order valence-corrected chi connectivity index (χ4v) is 2.39. The van der Waals surface area contributed by atoms with Gasteiger partial charge in [0, 0.05) is 28.7 Å². The summed E-state index contributed by atoms with van der Waals surface area (Å²) in [5, 5.41) is 13.1. The number of ether oxygens (including phenoxy) is 1. The summed E-state index contributed by atoms with van der Waals surface area (Å²) < 4.78 is 5.75. The second-order valence-electron chi connectivity index (χ2n) is 4.54. The number of hydrogen-bond donors (Lipinski definition) is 2. The lowest BCUT2D eigenvalue weighted by atomic mass is 10.2. The van der Waals surface area contributed by atoms with Crippen molar-refractivity contribution in [1.29, 1.82) is 0 Å². The quantitative estimate of drug-likeness (QED) is 0.763. The molecule has 0 saturated heterocycles. The monoisotopic (exact) mass is 325 g/mol. The molecule has 0 amide bonds. The molecule has 0 aliphatic carbocycles. The molecule has 5 heteroatoms. The third kappa shape index (κ3) is 4.90. The number of halogens is 2. The summed E-state index contributed by atoms with van der Waals surface area (Å²) in [6.45, 7) is 1.71. The zero-order valence-electron chi connectivity index (χ0n) is 11.5. The van der Waals surface area contributed by atoms with E-state index in [4.69, 9.17) is 33.0 Å². The lowest BCUT2D eigenvalue weighted by Crippen LogP contribution is -2.17. The molecule has 0 unspecified atom stereocenters. The first-order valence-corrected chi connectivity index (χ1v) is 7.42. The largest absolute Gasteiger partial charge is 0.489 e. The van der Waals surface area contributed by atoms with E-state index in [9.17, 15) is 0 Å². The minimum atomic E-state index is 0.126. The van der Waals surface area contributed by atoms with E-state index in [1.807, 2.05) is 30.3 Å². The number of hydrogen-bond acceptors (Lipinski definition) is 3. The van der Waals surface area contributed by atoms with Gasteiger partial charge in [0.25, 0.3) is 0 Å². The van der Waals surface area contributed by atoms with Crippen LogP contribution in [0.15, 0.2) is 42.5 Å². The first-order valence-electron chi connectivity index (χ1n) is 6.67. The molecule has 2 N–H and O–H groups in total. The molecule has 0 aliphatic rings.